The van der Waals surface area contributed by atoms with E-state index in [2.05, 4.69) is 5.32 Å². The zero-order valence-electron chi connectivity index (χ0n) is 12.9. The van der Waals surface area contributed by atoms with Gasteiger partial charge in [-0.3, -0.25) is 4.79 Å². The predicted octanol–water partition coefficient (Wildman–Crippen LogP) is 3.28. The first-order chi connectivity index (χ1) is 11.3. The number of hydrogen-bond acceptors (Lipinski definition) is 3. The minimum Gasteiger partial charge on any atom is -0.508 e. The van der Waals surface area contributed by atoms with E-state index in [9.17, 15) is 23.1 Å². The molecular weight excluding hydrogens is 323 g/mol. The third-order valence-corrected chi connectivity index (χ3v) is 3.38. The van der Waals surface area contributed by atoms with E-state index in [0.717, 1.165) is 12.1 Å². The Morgan fingerprint density at radius 2 is 1.96 bits per heavy atom. The van der Waals surface area contributed by atoms with Crippen molar-refractivity contribution >= 4 is 5.91 Å². The summed E-state index contributed by atoms with van der Waals surface area (Å²) in [5, 5.41) is 12.3. The van der Waals surface area contributed by atoms with Crippen LogP contribution in [0.3, 0.4) is 0 Å². The highest BCUT2D eigenvalue weighted by molar-refractivity contribution is 5.78. The summed E-state index contributed by atoms with van der Waals surface area (Å²) in [6.07, 6.45) is -4.63. The second kappa shape index (κ2) is 7.25. The van der Waals surface area contributed by atoms with Crippen LogP contribution >= 0.6 is 0 Å². The fraction of sp³-hybridized carbons (Fsp3) is 0.235. The largest absolute Gasteiger partial charge is 0.508 e. The summed E-state index contributed by atoms with van der Waals surface area (Å²) in [5.41, 5.74) is -0.0813. The van der Waals surface area contributed by atoms with Crippen LogP contribution in [0.2, 0.25) is 0 Å². The molecular formula is C17H16F3NO3. The first kappa shape index (κ1) is 17.7. The van der Waals surface area contributed by atoms with Crippen molar-refractivity contribution in [3.05, 3.63) is 59.2 Å². The third kappa shape index (κ3) is 4.65. The number of rotatable bonds is 5. The van der Waals surface area contributed by atoms with E-state index < -0.39 is 17.6 Å². The Morgan fingerprint density at radius 1 is 1.21 bits per heavy atom. The standard InChI is InChI=1S/C17H16F3NO3/c1-24-14-5-6-15(22)12(9-14)10-21-16(23)8-11-3-2-4-13(7-11)17(18,19)20/h2-7,9,22H,8,10H2,1H3,(H,21,23). The average Bonchev–Trinajstić information content (AvgIpc) is 2.53. The Morgan fingerprint density at radius 3 is 2.62 bits per heavy atom. The topological polar surface area (TPSA) is 58.6 Å². The zero-order chi connectivity index (χ0) is 17.7. The van der Waals surface area contributed by atoms with Crippen molar-refractivity contribution in [2.75, 3.05) is 7.11 Å². The molecule has 0 spiro atoms. The molecule has 1 amide bonds. The van der Waals surface area contributed by atoms with Crippen LogP contribution in [-0.4, -0.2) is 18.1 Å². The van der Waals surface area contributed by atoms with Gasteiger partial charge in [-0.1, -0.05) is 18.2 Å². The number of carbonyl (C=O) groups is 1. The first-order valence-electron chi connectivity index (χ1n) is 7.08. The van der Waals surface area contributed by atoms with Gasteiger partial charge >= 0.3 is 6.18 Å². The van der Waals surface area contributed by atoms with E-state index >= 15 is 0 Å². The van der Waals surface area contributed by atoms with Crippen LogP contribution in [0, 0.1) is 0 Å². The Hall–Kier alpha value is -2.70. The molecule has 4 nitrogen and oxygen atoms in total. The maximum Gasteiger partial charge on any atom is 0.416 e. The highest BCUT2D eigenvalue weighted by Crippen LogP contribution is 2.29. The van der Waals surface area contributed by atoms with Crippen molar-refractivity contribution in [2.24, 2.45) is 0 Å². The molecule has 0 aliphatic rings. The van der Waals surface area contributed by atoms with E-state index in [1.54, 1.807) is 12.1 Å². The quantitative estimate of drug-likeness (QED) is 0.879. The smallest absolute Gasteiger partial charge is 0.416 e. The highest BCUT2D eigenvalue weighted by Gasteiger charge is 2.30. The molecule has 0 saturated heterocycles. The Labute approximate surface area is 136 Å². The van der Waals surface area contributed by atoms with Gasteiger partial charge in [-0.25, -0.2) is 0 Å². The minimum atomic E-state index is -4.45. The van der Waals surface area contributed by atoms with Crippen molar-refractivity contribution in [2.45, 2.75) is 19.1 Å². The van der Waals surface area contributed by atoms with Crippen molar-refractivity contribution in [1.29, 1.82) is 0 Å². The number of alkyl halides is 3. The van der Waals surface area contributed by atoms with Crippen molar-refractivity contribution < 1.29 is 27.8 Å². The van der Waals surface area contributed by atoms with Crippen molar-refractivity contribution in [1.82, 2.24) is 5.32 Å². The summed E-state index contributed by atoms with van der Waals surface area (Å²) in [6.45, 7) is 0.0425. The molecule has 0 aromatic heterocycles. The number of benzene rings is 2. The predicted molar refractivity (Wildman–Crippen MR) is 81.7 cm³/mol. The van der Waals surface area contributed by atoms with Gasteiger partial charge in [0.25, 0.3) is 0 Å². The SMILES string of the molecule is COc1ccc(O)c(CNC(=O)Cc2cccc(C(F)(F)F)c2)c1. The summed E-state index contributed by atoms with van der Waals surface area (Å²) in [7, 11) is 1.47. The normalized spacial score (nSPS) is 11.2. The molecule has 24 heavy (non-hydrogen) atoms. The molecule has 7 heteroatoms. The fourth-order valence-electron chi connectivity index (χ4n) is 2.13. The number of ether oxygens (including phenoxy) is 1. The first-order valence-corrected chi connectivity index (χ1v) is 7.08. The molecule has 2 N–H and O–H groups in total. The van der Waals surface area contributed by atoms with Gasteiger partial charge < -0.3 is 15.2 Å². The van der Waals surface area contributed by atoms with E-state index in [1.165, 1.54) is 25.3 Å². The number of nitrogens with one attached hydrogen (secondary N) is 1. The highest BCUT2D eigenvalue weighted by atomic mass is 19.4. The van der Waals surface area contributed by atoms with E-state index in [1.807, 2.05) is 0 Å². The van der Waals surface area contributed by atoms with Crippen LogP contribution in [-0.2, 0) is 23.9 Å². The lowest BCUT2D eigenvalue weighted by molar-refractivity contribution is -0.137. The number of methoxy groups -OCH3 is 1. The van der Waals surface area contributed by atoms with Gasteiger partial charge in [0, 0.05) is 12.1 Å². The summed E-state index contributed by atoms with van der Waals surface area (Å²) < 4.78 is 43.0. The summed E-state index contributed by atoms with van der Waals surface area (Å²) >= 11 is 0. The summed E-state index contributed by atoms with van der Waals surface area (Å²) in [6, 6.07) is 9.20. The molecule has 0 saturated carbocycles. The van der Waals surface area contributed by atoms with Gasteiger partial charge in [-0.05, 0) is 29.8 Å². The third-order valence-electron chi connectivity index (χ3n) is 3.38. The number of halogens is 3. The Balaban J connectivity index is 1.99. The number of hydrogen-bond donors (Lipinski definition) is 2. The van der Waals surface area contributed by atoms with Gasteiger partial charge in [0.1, 0.15) is 11.5 Å². The monoisotopic (exact) mass is 339 g/mol. The molecule has 128 valence electrons. The fourth-order valence-corrected chi connectivity index (χ4v) is 2.13. The van der Waals surface area contributed by atoms with E-state index in [0.29, 0.717) is 11.3 Å². The van der Waals surface area contributed by atoms with Gasteiger partial charge in [-0.2, -0.15) is 13.2 Å². The maximum atomic E-state index is 12.7. The number of aromatic hydroxyl groups is 1. The second-order valence-electron chi connectivity index (χ2n) is 5.15. The number of phenols is 1. The lowest BCUT2D eigenvalue weighted by Crippen LogP contribution is -2.24. The Bertz CT molecular complexity index is 729. The molecule has 0 heterocycles. The molecule has 0 radical (unpaired) electrons. The van der Waals surface area contributed by atoms with Crippen LogP contribution in [0.1, 0.15) is 16.7 Å². The molecule has 0 aliphatic heterocycles. The van der Waals surface area contributed by atoms with Crippen LogP contribution in [0.25, 0.3) is 0 Å². The summed E-state index contributed by atoms with van der Waals surface area (Å²) in [5.74, 6) is 0.0710. The molecule has 0 aliphatic carbocycles. The van der Waals surface area contributed by atoms with E-state index in [-0.39, 0.29) is 24.3 Å². The van der Waals surface area contributed by atoms with Crippen LogP contribution in [0.5, 0.6) is 11.5 Å². The zero-order valence-corrected chi connectivity index (χ0v) is 12.9. The van der Waals surface area contributed by atoms with Crippen LogP contribution < -0.4 is 10.1 Å². The van der Waals surface area contributed by atoms with Gasteiger partial charge in [0.15, 0.2) is 0 Å². The second-order valence-corrected chi connectivity index (χ2v) is 5.15. The molecule has 0 unspecified atom stereocenters. The number of amides is 1. The minimum absolute atomic E-state index is 0.00447. The molecule has 0 fully saturated rings. The van der Waals surface area contributed by atoms with Crippen LogP contribution in [0.4, 0.5) is 13.2 Å². The molecule has 2 aromatic rings. The molecule has 0 bridgehead atoms. The summed E-state index contributed by atoms with van der Waals surface area (Å²) in [4.78, 5) is 11.9. The van der Waals surface area contributed by atoms with Gasteiger partial charge in [-0.15, -0.1) is 0 Å². The molecule has 2 rings (SSSR count). The lowest BCUT2D eigenvalue weighted by atomic mass is 10.1. The van der Waals surface area contributed by atoms with E-state index in [4.69, 9.17) is 4.74 Å². The lowest BCUT2D eigenvalue weighted by Gasteiger charge is -2.10. The van der Waals surface area contributed by atoms with Gasteiger partial charge in [0.2, 0.25) is 5.91 Å². The van der Waals surface area contributed by atoms with Crippen LogP contribution in [0.15, 0.2) is 42.5 Å². The molecule has 0 atom stereocenters. The van der Waals surface area contributed by atoms with Gasteiger partial charge in [0.05, 0.1) is 19.1 Å². The number of phenolic OH excluding ortho intramolecular Hbond substituents is 1. The average molecular weight is 339 g/mol. The molecule has 2 aromatic carbocycles. The van der Waals surface area contributed by atoms with Crippen molar-refractivity contribution in [3.63, 3.8) is 0 Å². The Kier molecular flexibility index (Phi) is 5.33. The maximum absolute atomic E-state index is 12.7. The van der Waals surface area contributed by atoms with Crippen molar-refractivity contribution in [3.8, 4) is 11.5 Å². The number of carbonyl (C=O) groups excluding carboxylic acids is 1.